The number of rotatable bonds is 3. The van der Waals surface area contributed by atoms with E-state index in [4.69, 9.17) is 0 Å². The van der Waals surface area contributed by atoms with Crippen LogP contribution in [0.3, 0.4) is 0 Å². The molecule has 0 aromatic carbocycles. The summed E-state index contributed by atoms with van der Waals surface area (Å²) in [5.41, 5.74) is 0. The molecule has 0 spiro atoms. The summed E-state index contributed by atoms with van der Waals surface area (Å²) >= 11 is 8.35. The Hall–Kier alpha value is 0.0900. The Morgan fingerprint density at radius 2 is 2.00 bits per heavy atom. The number of nitrogens with zero attached hydrogens (tertiary/aromatic N) is 2. The lowest BCUT2D eigenvalue weighted by Crippen LogP contribution is -2.48. The molecule has 0 bridgehead atoms. The summed E-state index contributed by atoms with van der Waals surface area (Å²) in [7, 11) is 0. The van der Waals surface area contributed by atoms with E-state index in [1.165, 1.54) is 17.8 Å². The van der Waals surface area contributed by atoms with Crippen LogP contribution < -0.4 is 0 Å². The zero-order valence-corrected chi connectivity index (χ0v) is 14.3. The van der Waals surface area contributed by atoms with Gasteiger partial charge in [0, 0.05) is 30.7 Å². The Kier molecular flexibility index (Phi) is 5.24. The monoisotopic (exact) mass is 394 g/mol. The number of hydrogen-bond donors (Lipinski definition) is 0. The maximum absolute atomic E-state index is 12.3. The van der Waals surface area contributed by atoms with Gasteiger partial charge >= 0.3 is 0 Å². The molecular formula is C12H16Br2N2OS. The van der Waals surface area contributed by atoms with Crippen LogP contribution in [0.15, 0.2) is 14.3 Å². The largest absolute Gasteiger partial charge is 0.335 e. The second kappa shape index (κ2) is 6.50. The smallest absolute Gasteiger partial charge is 0.264 e. The third kappa shape index (κ3) is 3.35. The maximum Gasteiger partial charge on any atom is 0.264 e. The highest BCUT2D eigenvalue weighted by molar-refractivity contribution is 9.13. The molecule has 0 aliphatic carbocycles. The van der Waals surface area contributed by atoms with Gasteiger partial charge in [0.15, 0.2) is 0 Å². The van der Waals surface area contributed by atoms with Crippen molar-refractivity contribution in [2.45, 2.75) is 13.3 Å². The Bertz CT molecular complexity index is 408. The van der Waals surface area contributed by atoms with Gasteiger partial charge in [0.2, 0.25) is 0 Å². The van der Waals surface area contributed by atoms with Crippen LogP contribution >= 0.6 is 43.2 Å². The highest BCUT2D eigenvalue weighted by Crippen LogP contribution is 2.33. The summed E-state index contributed by atoms with van der Waals surface area (Å²) in [5.74, 6) is 0.155. The predicted molar refractivity (Wildman–Crippen MR) is 82.4 cm³/mol. The van der Waals surface area contributed by atoms with Gasteiger partial charge in [-0.05, 0) is 50.9 Å². The fraction of sp³-hybridized carbons (Fsp3) is 0.583. The molecule has 1 saturated heterocycles. The van der Waals surface area contributed by atoms with E-state index >= 15 is 0 Å². The molecule has 1 fully saturated rings. The van der Waals surface area contributed by atoms with Crippen LogP contribution in [0.5, 0.6) is 0 Å². The summed E-state index contributed by atoms with van der Waals surface area (Å²) in [6.07, 6.45) is 1.18. The first kappa shape index (κ1) is 14.5. The van der Waals surface area contributed by atoms with Crippen molar-refractivity contribution >= 4 is 49.1 Å². The summed E-state index contributed by atoms with van der Waals surface area (Å²) in [4.78, 5) is 17.5. The molecule has 0 saturated carbocycles. The lowest BCUT2D eigenvalue weighted by atomic mass is 10.3. The molecule has 0 radical (unpaired) electrons. The van der Waals surface area contributed by atoms with Gasteiger partial charge in [-0.1, -0.05) is 6.92 Å². The lowest BCUT2D eigenvalue weighted by Gasteiger charge is -2.34. The molecule has 100 valence electrons. The molecule has 2 heterocycles. The number of amides is 1. The van der Waals surface area contributed by atoms with E-state index in [0.717, 1.165) is 45.9 Å². The van der Waals surface area contributed by atoms with Gasteiger partial charge in [0.25, 0.3) is 5.91 Å². The molecule has 1 aromatic heterocycles. The Labute approximate surface area is 128 Å². The summed E-state index contributed by atoms with van der Waals surface area (Å²) in [5, 5.41) is 0. The molecule has 0 atom stereocenters. The standard InChI is InChI=1S/C12H16Br2N2OS/c1-2-3-15-4-6-16(7-5-15)12(17)10-8-9(13)11(14)18-10/h8H,2-7H2,1H3. The van der Waals surface area contributed by atoms with Crippen LogP contribution in [0.2, 0.25) is 0 Å². The van der Waals surface area contributed by atoms with Crippen molar-refractivity contribution in [3.8, 4) is 0 Å². The van der Waals surface area contributed by atoms with Crippen molar-refractivity contribution in [3.63, 3.8) is 0 Å². The quantitative estimate of drug-likeness (QED) is 0.782. The lowest BCUT2D eigenvalue weighted by molar-refractivity contribution is 0.0642. The van der Waals surface area contributed by atoms with E-state index in [2.05, 4.69) is 43.7 Å². The van der Waals surface area contributed by atoms with Crippen LogP contribution in [0.4, 0.5) is 0 Å². The summed E-state index contributed by atoms with van der Waals surface area (Å²) in [6.45, 7) is 6.99. The molecule has 1 amide bonds. The van der Waals surface area contributed by atoms with Gasteiger partial charge < -0.3 is 4.90 Å². The highest BCUT2D eigenvalue weighted by atomic mass is 79.9. The molecule has 0 unspecified atom stereocenters. The average Bonchev–Trinajstić information content (AvgIpc) is 2.70. The minimum atomic E-state index is 0.155. The third-order valence-electron chi connectivity index (χ3n) is 3.06. The van der Waals surface area contributed by atoms with E-state index < -0.39 is 0 Å². The number of carbonyl (C=O) groups excluding carboxylic acids is 1. The SMILES string of the molecule is CCCN1CCN(C(=O)c2cc(Br)c(Br)s2)CC1. The molecular weight excluding hydrogens is 380 g/mol. The van der Waals surface area contributed by atoms with E-state index in [1.54, 1.807) is 0 Å². The Morgan fingerprint density at radius 1 is 1.33 bits per heavy atom. The summed E-state index contributed by atoms with van der Waals surface area (Å²) in [6, 6.07) is 1.90. The number of hydrogen-bond acceptors (Lipinski definition) is 3. The Balaban J connectivity index is 1.95. The molecule has 18 heavy (non-hydrogen) atoms. The summed E-state index contributed by atoms with van der Waals surface area (Å²) < 4.78 is 1.94. The van der Waals surface area contributed by atoms with Gasteiger partial charge in [-0.2, -0.15) is 0 Å². The van der Waals surface area contributed by atoms with Crippen molar-refractivity contribution in [1.29, 1.82) is 0 Å². The number of carbonyl (C=O) groups is 1. The predicted octanol–water partition coefficient (Wildman–Crippen LogP) is 3.44. The maximum atomic E-state index is 12.3. The molecule has 3 nitrogen and oxygen atoms in total. The van der Waals surface area contributed by atoms with Crippen LogP contribution in [-0.4, -0.2) is 48.4 Å². The van der Waals surface area contributed by atoms with E-state index in [1.807, 2.05) is 11.0 Å². The first-order chi connectivity index (χ1) is 8.61. The molecule has 2 rings (SSSR count). The second-order valence-corrected chi connectivity index (χ2v) is 7.59. The fourth-order valence-corrected chi connectivity index (χ4v) is 4.10. The topological polar surface area (TPSA) is 23.6 Å². The van der Waals surface area contributed by atoms with Crippen LogP contribution in [0.25, 0.3) is 0 Å². The molecule has 1 aliphatic rings. The van der Waals surface area contributed by atoms with Gasteiger partial charge in [-0.15, -0.1) is 11.3 Å². The zero-order valence-electron chi connectivity index (χ0n) is 10.3. The van der Waals surface area contributed by atoms with Crippen molar-refractivity contribution in [3.05, 3.63) is 19.2 Å². The highest BCUT2D eigenvalue weighted by Gasteiger charge is 2.23. The van der Waals surface area contributed by atoms with Crippen molar-refractivity contribution < 1.29 is 4.79 Å². The third-order valence-corrected chi connectivity index (χ3v) is 6.30. The van der Waals surface area contributed by atoms with Crippen LogP contribution in [0.1, 0.15) is 23.0 Å². The van der Waals surface area contributed by atoms with Gasteiger partial charge in [0.1, 0.15) is 0 Å². The van der Waals surface area contributed by atoms with Gasteiger partial charge in [0.05, 0.1) is 8.66 Å². The van der Waals surface area contributed by atoms with Gasteiger partial charge in [-0.3, -0.25) is 9.69 Å². The molecule has 1 aliphatic heterocycles. The van der Waals surface area contributed by atoms with Crippen molar-refractivity contribution in [1.82, 2.24) is 9.80 Å². The van der Waals surface area contributed by atoms with Crippen LogP contribution in [0, 0.1) is 0 Å². The first-order valence-corrected chi connectivity index (χ1v) is 8.48. The Morgan fingerprint density at radius 3 is 2.50 bits per heavy atom. The van der Waals surface area contributed by atoms with E-state index in [0.29, 0.717) is 0 Å². The minimum absolute atomic E-state index is 0.155. The zero-order chi connectivity index (χ0) is 13.1. The normalized spacial score (nSPS) is 17.2. The minimum Gasteiger partial charge on any atom is -0.335 e. The van der Waals surface area contributed by atoms with E-state index in [9.17, 15) is 4.79 Å². The number of piperazine rings is 1. The second-order valence-electron chi connectivity index (χ2n) is 4.37. The average molecular weight is 396 g/mol. The fourth-order valence-electron chi connectivity index (χ4n) is 2.10. The number of thiophene rings is 1. The number of halogens is 2. The van der Waals surface area contributed by atoms with Crippen LogP contribution in [-0.2, 0) is 0 Å². The first-order valence-electron chi connectivity index (χ1n) is 6.08. The van der Waals surface area contributed by atoms with Crippen molar-refractivity contribution in [2.24, 2.45) is 0 Å². The molecule has 1 aromatic rings. The molecule has 6 heteroatoms. The van der Waals surface area contributed by atoms with Gasteiger partial charge in [-0.25, -0.2) is 0 Å². The van der Waals surface area contributed by atoms with E-state index in [-0.39, 0.29) is 5.91 Å². The molecule has 0 N–H and O–H groups in total. The van der Waals surface area contributed by atoms with Crippen molar-refractivity contribution in [2.75, 3.05) is 32.7 Å².